The SMILES string of the molecule is CCc1c(C(=O)OC)nnn1C(CC)C(N)=O. The molecule has 0 aliphatic rings. The van der Waals surface area contributed by atoms with E-state index in [1.807, 2.05) is 13.8 Å². The van der Waals surface area contributed by atoms with Crippen LogP contribution in [0.25, 0.3) is 0 Å². The molecule has 0 aliphatic carbocycles. The number of esters is 1. The van der Waals surface area contributed by atoms with Crippen LogP contribution in [0.4, 0.5) is 0 Å². The number of rotatable bonds is 5. The highest BCUT2D eigenvalue weighted by molar-refractivity contribution is 5.88. The molecule has 2 N–H and O–H groups in total. The fraction of sp³-hybridized carbons (Fsp3) is 0.600. The summed E-state index contributed by atoms with van der Waals surface area (Å²) in [7, 11) is 1.27. The number of nitrogens with zero attached hydrogens (tertiary/aromatic N) is 3. The molecule has 0 spiro atoms. The lowest BCUT2D eigenvalue weighted by molar-refractivity contribution is -0.121. The number of hydrogen-bond donors (Lipinski definition) is 1. The topological polar surface area (TPSA) is 100 Å². The first kappa shape index (κ1) is 13.1. The second-order valence-corrected chi connectivity index (χ2v) is 3.50. The number of methoxy groups -OCH3 is 1. The molecule has 1 heterocycles. The van der Waals surface area contributed by atoms with Crippen molar-refractivity contribution < 1.29 is 14.3 Å². The zero-order valence-corrected chi connectivity index (χ0v) is 10.1. The summed E-state index contributed by atoms with van der Waals surface area (Å²) in [5.41, 5.74) is 5.97. The molecule has 1 unspecified atom stereocenters. The minimum Gasteiger partial charge on any atom is -0.464 e. The lowest BCUT2D eigenvalue weighted by Crippen LogP contribution is -2.28. The van der Waals surface area contributed by atoms with Gasteiger partial charge in [-0.25, -0.2) is 9.48 Å². The van der Waals surface area contributed by atoms with Crippen molar-refractivity contribution in [2.24, 2.45) is 5.73 Å². The third-order valence-electron chi connectivity index (χ3n) is 2.51. The molecule has 1 amide bonds. The van der Waals surface area contributed by atoms with Crippen LogP contribution in [0.5, 0.6) is 0 Å². The van der Waals surface area contributed by atoms with E-state index in [0.29, 0.717) is 18.5 Å². The quantitative estimate of drug-likeness (QED) is 0.734. The molecule has 1 aromatic heterocycles. The number of ether oxygens (including phenoxy) is 1. The fourth-order valence-electron chi connectivity index (χ4n) is 1.64. The molecule has 17 heavy (non-hydrogen) atoms. The number of nitrogens with two attached hydrogens (primary N) is 1. The molecule has 0 saturated carbocycles. The molecule has 7 heteroatoms. The number of carbonyl (C=O) groups is 2. The molecule has 0 saturated heterocycles. The van der Waals surface area contributed by atoms with Crippen molar-refractivity contribution >= 4 is 11.9 Å². The van der Waals surface area contributed by atoms with E-state index in [1.165, 1.54) is 11.8 Å². The van der Waals surface area contributed by atoms with Crippen LogP contribution in [0.3, 0.4) is 0 Å². The predicted octanol–water partition coefficient (Wildman–Crippen LogP) is 0.0635. The van der Waals surface area contributed by atoms with Gasteiger partial charge in [0.25, 0.3) is 0 Å². The largest absolute Gasteiger partial charge is 0.464 e. The maximum absolute atomic E-state index is 11.4. The van der Waals surface area contributed by atoms with Gasteiger partial charge in [0.2, 0.25) is 5.91 Å². The van der Waals surface area contributed by atoms with Gasteiger partial charge in [0.15, 0.2) is 5.69 Å². The summed E-state index contributed by atoms with van der Waals surface area (Å²) < 4.78 is 5.99. The van der Waals surface area contributed by atoms with E-state index in [1.54, 1.807) is 0 Å². The van der Waals surface area contributed by atoms with Crippen LogP contribution in [0.15, 0.2) is 0 Å². The van der Waals surface area contributed by atoms with Gasteiger partial charge >= 0.3 is 5.97 Å². The summed E-state index contributed by atoms with van der Waals surface area (Å²) in [5.74, 6) is -1.06. The van der Waals surface area contributed by atoms with E-state index < -0.39 is 17.9 Å². The van der Waals surface area contributed by atoms with Gasteiger partial charge < -0.3 is 10.5 Å². The number of carbonyl (C=O) groups excluding carboxylic acids is 2. The summed E-state index contributed by atoms with van der Waals surface area (Å²) in [6, 6.07) is -0.587. The Hall–Kier alpha value is -1.92. The standard InChI is InChI=1S/C10H16N4O3/c1-4-6-8(10(16)17-3)12-13-14(6)7(5-2)9(11)15/h7H,4-5H2,1-3H3,(H2,11,15). The van der Waals surface area contributed by atoms with Crippen LogP contribution in [0.2, 0.25) is 0 Å². The Morgan fingerprint density at radius 2 is 2.12 bits per heavy atom. The normalized spacial score (nSPS) is 12.2. The van der Waals surface area contributed by atoms with Crippen LogP contribution in [-0.4, -0.2) is 34.0 Å². The highest BCUT2D eigenvalue weighted by Crippen LogP contribution is 2.16. The monoisotopic (exact) mass is 240 g/mol. The van der Waals surface area contributed by atoms with Crippen molar-refractivity contribution in [2.45, 2.75) is 32.7 Å². The van der Waals surface area contributed by atoms with Gasteiger partial charge in [-0.2, -0.15) is 0 Å². The number of amides is 1. The van der Waals surface area contributed by atoms with Crippen LogP contribution < -0.4 is 5.73 Å². The molecule has 0 bridgehead atoms. The Morgan fingerprint density at radius 1 is 1.47 bits per heavy atom. The minimum absolute atomic E-state index is 0.134. The molecule has 0 radical (unpaired) electrons. The summed E-state index contributed by atoms with van der Waals surface area (Å²) in [6.07, 6.45) is 1.01. The first-order valence-corrected chi connectivity index (χ1v) is 5.38. The van der Waals surface area contributed by atoms with Gasteiger partial charge in [-0.15, -0.1) is 5.10 Å². The fourth-order valence-corrected chi connectivity index (χ4v) is 1.64. The second-order valence-electron chi connectivity index (χ2n) is 3.50. The second kappa shape index (κ2) is 5.42. The van der Waals surface area contributed by atoms with Crippen molar-refractivity contribution in [3.8, 4) is 0 Å². The molecule has 1 rings (SSSR count). The van der Waals surface area contributed by atoms with Gasteiger partial charge in [-0.3, -0.25) is 4.79 Å². The molecule has 7 nitrogen and oxygen atoms in total. The average molecular weight is 240 g/mol. The van der Waals surface area contributed by atoms with Crippen molar-refractivity contribution in [1.29, 1.82) is 0 Å². The minimum atomic E-state index is -0.587. The van der Waals surface area contributed by atoms with Gasteiger partial charge in [-0.1, -0.05) is 19.1 Å². The molecular weight excluding hydrogens is 224 g/mol. The van der Waals surface area contributed by atoms with Gasteiger partial charge in [0.05, 0.1) is 12.8 Å². The lowest BCUT2D eigenvalue weighted by atomic mass is 10.2. The van der Waals surface area contributed by atoms with Crippen molar-refractivity contribution in [1.82, 2.24) is 15.0 Å². The Kier molecular flexibility index (Phi) is 4.19. The van der Waals surface area contributed by atoms with Crippen molar-refractivity contribution in [3.63, 3.8) is 0 Å². The van der Waals surface area contributed by atoms with E-state index in [9.17, 15) is 9.59 Å². The third-order valence-corrected chi connectivity index (χ3v) is 2.51. The Balaban J connectivity index is 3.22. The molecule has 1 aromatic rings. The molecule has 1 atom stereocenters. The van der Waals surface area contributed by atoms with E-state index in [-0.39, 0.29) is 5.69 Å². The number of primary amides is 1. The lowest BCUT2D eigenvalue weighted by Gasteiger charge is -2.13. The molecular formula is C10H16N4O3. The summed E-state index contributed by atoms with van der Waals surface area (Å²) in [6.45, 7) is 3.66. The number of hydrogen-bond acceptors (Lipinski definition) is 5. The van der Waals surface area contributed by atoms with Gasteiger partial charge in [0.1, 0.15) is 6.04 Å². The zero-order chi connectivity index (χ0) is 13.0. The maximum Gasteiger partial charge on any atom is 0.360 e. The first-order chi connectivity index (χ1) is 8.06. The molecule has 94 valence electrons. The van der Waals surface area contributed by atoms with Crippen molar-refractivity contribution in [3.05, 3.63) is 11.4 Å². The van der Waals surface area contributed by atoms with E-state index in [2.05, 4.69) is 15.0 Å². The van der Waals surface area contributed by atoms with Crippen LogP contribution >= 0.6 is 0 Å². The van der Waals surface area contributed by atoms with Crippen LogP contribution in [0, 0.1) is 0 Å². The predicted molar refractivity (Wildman–Crippen MR) is 59.3 cm³/mol. The zero-order valence-electron chi connectivity index (χ0n) is 10.1. The van der Waals surface area contributed by atoms with Crippen molar-refractivity contribution in [2.75, 3.05) is 7.11 Å². The van der Waals surface area contributed by atoms with E-state index in [0.717, 1.165) is 0 Å². The van der Waals surface area contributed by atoms with E-state index >= 15 is 0 Å². The molecule has 0 aromatic carbocycles. The first-order valence-electron chi connectivity index (χ1n) is 5.38. The summed E-state index contributed by atoms with van der Waals surface area (Å²) in [5, 5.41) is 7.55. The van der Waals surface area contributed by atoms with Gasteiger partial charge in [-0.05, 0) is 12.8 Å². The van der Waals surface area contributed by atoms with Crippen LogP contribution in [0.1, 0.15) is 42.5 Å². The highest BCUT2D eigenvalue weighted by atomic mass is 16.5. The summed E-state index contributed by atoms with van der Waals surface area (Å²) >= 11 is 0. The third kappa shape index (κ3) is 2.43. The smallest absolute Gasteiger partial charge is 0.360 e. The van der Waals surface area contributed by atoms with E-state index in [4.69, 9.17) is 5.73 Å². The Bertz CT molecular complexity index is 427. The number of aromatic nitrogens is 3. The van der Waals surface area contributed by atoms with Crippen LogP contribution in [-0.2, 0) is 16.0 Å². The maximum atomic E-state index is 11.4. The van der Waals surface area contributed by atoms with Gasteiger partial charge in [0, 0.05) is 0 Å². The average Bonchev–Trinajstić information content (AvgIpc) is 2.72. The highest BCUT2D eigenvalue weighted by Gasteiger charge is 2.25. The molecule has 0 aliphatic heterocycles. The Labute approximate surface area is 98.9 Å². The molecule has 0 fully saturated rings. The Morgan fingerprint density at radius 3 is 2.53 bits per heavy atom. The summed E-state index contributed by atoms with van der Waals surface area (Å²) in [4.78, 5) is 22.7.